The summed E-state index contributed by atoms with van der Waals surface area (Å²) in [5.41, 5.74) is 3.28. The molecule has 136 valence electrons. The van der Waals surface area contributed by atoms with Gasteiger partial charge in [-0.25, -0.2) is 13.4 Å². The van der Waals surface area contributed by atoms with E-state index in [4.69, 9.17) is 0 Å². The monoisotopic (exact) mass is 389 g/mol. The van der Waals surface area contributed by atoms with Crippen LogP contribution in [0.15, 0.2) is 52.7 Å². The van der Waals surface area contributed by atoms with Gasteiger partial charge in [0.1, 0.15) is 0 Å². The van der Waals surface area contributed by atoms with Gasteiger partial charge in [0.15, 0.2) is 0 Å². The molecular weight excluding hydrogens is 370 g/mol. The normalized spacial score (nSPS) is 16.5. The number of thiazole rings is 1. The van der Waals surface area contributed by atoms with Crippen molar-refractivity contribution < 1.29 is 13.2 Å². The first kappa shape index (κ1) is 18.5. The van der Waals surface area contributed by atoms with Gasteiger partial charge in [0, 0.05) is 43.0 Å². The van der Waals surface area contributed by atoms with Crippen LogP contribution < -0.4 is 0 Å². The molecule has 3 rings (SSSR count). The molecule has 2 aromatic rings. The Balaban J connectivity index is 1.55. The van der Waals surface area contributed by atoms with Crippen molar-refractivity contribution in [3.8, 4) is 0 Å². The third-order valence-electron chi connectivity index (χ3n) is 3.99. The highest BCUT2D eigenvalue weighted by Gasteiger charge is 2.26. The molecule has 8 heteroatoms. The van der Waals surface area contributed by atoms with E-state index < -0.39 is 10.0 Å². The van der Waals surface area contributed by atoms with E-state index in [0.29, 0.717) is 13.1 Å². The summed E-state index contributed by atoms with van der Waals surface area (Å²) in [5.74, 6) is -0.130. The van der Waals surface area contributed by atoms with E-state index in [1.165, 1.54) is 27.1 Å². The van der Waals surface area contributed by atoms with Gasteiger partial charge in [-0.3, -0.25) is 4.79 Å². The fourth-order valence-corrected chi connectivity index (χ4v) is 4.24. The van der Waals surface area contributed by atoms with Gasteiger partial charge < -0.3 is 4.90 Å². The van der Waals surface area contributed by atoms with E-state index in [9.17, 15) is 13.2 Å². The van der Waals surface area contributed by atoms with Gasteiger partial charge in [-0.2, -0.15) is 4.31 Å². The average Bonchev–Trinajstić information content (AvgIpc) is 3.19. The standard InChI is InChI=1S/C18H19N3O3S2/c22-18(7-6-17-14-25-15-19-17)20-9-11-21(12-10-20)26(23,24)13-8-16-4-2-1-3-5-16/h1-8,13-15H,9-12H2/b7-6+,13-8+. The molecule has 0 radical (unpaired) electrons. The molecule has 0 saturated carbocycles. The lowest BCUT2D eigenvalue weighted by molar-refractivity contribution is -0.127. The molecule has 1 amide bonds. The summed E-state index contributed by atoms with van der Waals surface area (Å²) in [5, 5.41) is 3.08. The lowest BCUT2D eigenvalue weighted by atomic mass is 10.2. The molecule has 0 unspecified atom stereocenters. The number of carbonyl (C=O) groups excluding carboxylic acids is 1. The molecule has 0 aliphatic carbocycles. The molecule has 6 nitrogen and oxygen atoms in total. The second kappa shape index (κ2) is 8.39. The van der Waals surface area contributed by atoms with Crippen LogP contribution in [0.2, 0.25) is 0 Å². The highest BCUT2D eigenvalue weighted by Crippen LogP contribution is 2.12. The van der Waals surface area contributed by atoms with Gasteiger partial charge in [-0.05, 0) is 17.7 Å². The van der Waals surface area contributed by atoms with E-state index in [1.54, 1.807) is 22.6 Å². The number of hydrogen-bond donors (Lipinski definition) is 0. The topological polar surface area (TPSA) is 70.6 Å². The third-order valence-corrected chi connectivity index (χ3v) is 6.16. The number of benzene rings is 1. The molecule has 1 fully saturated rings. The van der Waals surface area contributed by atoms with Crippen LogP contribution in [-0.2, 0) is 14.8 Å². The number of sulfonamides is 1. The van der Waals surface area contributed by atoms with E-state index >= 15 is 0 Å². The highest BCUT2D eigenvalue weighted by atomic mass is 32.2. The first-order chi connectivity index (χ1) is 12.5. The molecule has 26 heavy (non-hydrogen) atoms. The lowest BCUT2D eigenvalue weighted by Crippen LogP contribution is -2.49. The van der Waals surface area contributed by atoms with Crippen LogP contribution in [0.1, 0.15) is 11.3 Å². The number of rotatable bonds is 5. The second-order valence-electron chi connectivity index (χ2n) is 5.73. The minimum Gasteiger partial charge on any atom is -0.337 e. The van der Waals surface area contributed by atoms with Gasteiger partial charge in [-0.15, -0.1) is 11.3 Å². The molecule has 1 aliphatic rings. The van der Waals surface area contributed by atoms with E-state index in [0.717, 1.165) is 11.3 Å². The number of amides is 1. The Labute approximate surface area is 157 Å². The van der Waals surface area contributed by atoms with Gasteiger partial charge >= 0.3 is 0 Å². The molecule has 0 bridgehead atoms. The zero-order valence-electron chi connectivity index (χ0n) is 14.1. The van der Waals surface area contributed by atoms with Crippen LogP contribution in [0.5, 0.6) is 0 Å². The molecule has 1 aromatic carbocycles. The van der Waals surface area contributed by atoms with Crippen molar-refractivity contribution in [3.63, 3.8) is 0 Å². The summed E-state index contributed by atoms with van der Waals surface area (Å²) >= 11 is 1.47. The maximum absolute atomic E-state index is 12.4. The summed E-state index contributed by atoms with van der Waals surface area (Å²) in [6, 6.07) is 9.28. The molecule has 0 N–H and O–H groups in total. The molecular formula is C18H19N3O3S2. The predicted molar refractivity (Wildman–Crippen MR) is 104 cm³/mol. The molecule has 1 saturated heterocycles. The fourth-order valence-electron chi connectivity index (χ4n) is 2.54. The fraction of sp³-hybridized carbons (Fsp3) is 0.222. The number of hydrogen-bond acceptors (Lipinski definition) is 5. The lowest BCUT2D eigenvalue weighted by Gasteiger charge is -2.32. The Hall–Kier alpha value is -2.29. The Morgan fingerprint density at radius 1 is 1.08 bits per heavy atom. The summed E-state index contributed by atoms with van der Waals surface area (Å²) in [6.45, 7) is 1.33. The largest absolute Gasteiger partial charge is 0.337 e. The van der Waals surface area contributed by atoms with Gasteiger partial charge in [0.05, 0.1) is 11.2 Å². The molecule has 0 atom stereocenters. The SMILES string of the molecule is O=C(/C=C/c1cscn1)N1CCN(S(=O)(=O)/C=C/c2ccccc2)CC1. The number of aromatic nitrogens is 1. The maximum atomic E-state index is 12.4. The van der Waals surface area contributed by atoms with Crippen LogP contribution >= 0.6 is 11.3 Å². The Kier molecular flexibility index (Phi) is 5.97. The van der Waals surface area contributed by atoms with Crippen molar-refractivity contribution in [1.82, 2.24) is 14.2 Å². The third kappa shape index (κ3) is 4.87. The Morgan fingerprint density at radius 2 is 1.81 bits per heavy atom. The summed E-state index contributed by atoms with van der Waals surface area (Å²) in [4.78, 5) is 17.9. The first-order valence-corrected chi connectivity index (χ1v) is 10.6. The minimum atomic E-state index is -3.49. The smallest absolute Gasteiger partial charge is 0.246 e. The summed E-state index contributed by atoms with van der Waals surface area (Å²) < 4.78 is 26.3. The Morgan fingerprint density at radius 3 is 2.46 bits per heavy atom. The number of carbonyl (C=O) groups is 1. The second-order valence-corrected chi connectivity index (χ2v) is 8.27. The van der Waals surface area contributed by atoms with Crippen molar-refractivity contribution in [1.29, 1.82) is 0 Å². The minimum absolute atomic E-state index is 0.130. The zero-order chi connectivity index (χ0) is 18.4. The van der Waals surface area contributed by atoms with E-state index in [1.807, 2.05) is 35.7 Å². The molecule has 1 aromatic heterocycles. The van der Waals surface area contributed by atoms with Crippen molar-refractivity contribution in [2.75, 3.05) is 26.2 Å². The Bertz CT molecular complexity index is 883. The summed E-state index contributed by atoms with van der Waals surface area (Å²) in [7, 11) is -3.49. The van der Waals surface area contributed by atoms with Crippen molar-refractivity contribution in [2.24, 2.45) is 0 Å². The highest BCUT2D eigenvalue weighted by molar-refractivity contribution is 7.92. The van der Waals surface area contributed by atoms with Gasteiger partial charge in [0.2, 0.25) is 15.9 Å². The van der Waals surface area contributed by atoms with Crippen LogP contribution in [-0.4, -0.2) is 54.7 Å². The first-order valence-electron chi connectivity index (χ1n) is 8.13. The summed E-state index contributed by atoms with van der Waals surface area (Å²) in [6.07, 6.45) is 4.74. The number of nitrogens with zero attached hydrogens (tertiary/aromatic N) is 3. The predicted octanol–water partition coefficient (Wildman–Crippen LogP) is 2.30. The number of piperazine rings is 1. The van der Waals surface area contributed by atoms with Crippen LogP contribution in [0, 0.1) is 0 Å². The quantitative estimate of drug-likeness (QED) is 0.736. The van der Waals surface area contributed by atoms with E-state index in [-0.39, 0.29) is 19.0 Å². The van der Waals surface area contributed by atoms with Crippen molar-refractivity contribution >= 4 is 39.4 Å². The van der Waals surface area contributed by atoms with Crippen LogP contribution in [0.25, 0.3) is 12.2 Å². The average molecular weight is 390 g/mol. The maximum Gasteiger partial charge on any atom is 0.246 e. The van der Waals surface area contributed by atoms with Gasteiger partial charge in [0.25, 0.3) is 0 Å². The molecule has 2 heterocycles. The van der Waals surface area contributed by atoms with Crippen molar-refractivity contribution in [3.05, 3.63) is 64.0 Å². The van der Waals surface area contributed by atoms with Gasteiger partial charge in [-0.1, -0.05) is 30.3 Å². The van der Waals surface area contributed by atoms with Crippen LogP contribution in [0.4, 0.5) is 0 Å². The molecule has 0 spiro atoms. The van der Waals surface area contributed by atoms with Crippen LogP contribution in [0.3, 0.4) is 0 Å². The van der Waals surface area contributed by atoms with Crippen molar-refractivity contribution in [2.45, 2.75) is 0 Å². The zero-order valence-corrected chi connectivity index (χ0v) is 15.7. The van der Waals surface area contributed by atoms with E-state index in [2.05, 4.69) is 4.98 Å². The molecule has 1 aliphatic heterocycles.